The van der Waals surface area contributed by atoms with Crippen LogP contribution in [0.4, 0.5) is 0 Å². The fraction of sp³-hybridized carbons (Fsp3) is 0.222. The predicted octanol–water partition coefficient (Wildman–Crippen LogP) is 1.46. The lowest BCUT2D eigenvalue weighted by Crippen LogP contribution is -1.62. The molecule has 1 nitrogen and oxygen atoms in total. The van der Waals surface area contributed by atoms with Crippen molar-refractivity contribution in [3.05, 3.63) is 11.0 Å². The van der Waals surface area contributed by atoms with Crippen LogP contribution in [0.3, 0.4) is 0 Å². The van der Waals surface area contributed by atoms with Crippen LogP contribution in [0.5, 0.6) is 0 Å². The smallest absolute Gasteiger partial charge is 0.193 e. The molecule has 0 atom stereocenters. The van der Waals surface area contributed by atoms with Crippen molar-refractivity contribution < 1.29 is 4.79 Å². The number of allylic oxidation sites excluding steroid dienone is 2. The predicted molar refractivity (Wildman–Crippen MR) is 48.9 cm³/mol. The Morgan fingerprint density at radius 2 is 2.00 bits per heavy atom. The fourth-order valence-corrected chi connectivity index (χ4v) is 0.475. The Kier molecular flexibility index (Phi) is 6.28. The molecule has 0 aromatic heterocycles. The molecule has 0 unspecified atom stereocenters. The molecule has 0 saturated carbocycles. The zero-order chi connectivity index (χ0) is 8.53. The van der Waals surface area contributed by atoms with Crippen LogP contribution in [0.1, 0.15) is 6.92 Å². The summed E-state index contributed by atoms with van der Waals surface area (Å²) in [6.45, 7) is 1.96. The van der Waals surface area contributed by atoms with E-state index < -0.39 is 0 Å². The van der Waals surface area contributed by atoms with E-state index in [0.717, 1.165) is 4.91 Å². The minimum absolute atomic E-state index is 0.528. The van der Waals surface area contributed by atoms with Gasteiger partial charge in [-0.1, -0.05) is 5.92 Å². The van der Waals surface area contributed by atoms with Gasteiger partial charge in [0, 0.05) is 0 Å². The van der Waals surface area contributed by atoms with Gasteiger partial charge in [0.1, 0.15) is 0 Å². The summed E-state index contributed by atoms with van der Waals surface area (Å²) in [4.78, 5) is 10.8. The van der Waals surface area contributed by atoms with Crippen molar-refractivity contribution >= 4 is 18.0 Å². The molecule has 11 heavy (non-hydrogen) atoms. The van der Waals surface area contributed by atoms with Crippen molar-refractivity contribution in [3.8, 4) is 23.7 Å². The molecule has 0 amide bonds. The Hall–Kier alpha value is -1.12. The topological polar surface area (TPSA) is 17.1 Å². The Bertz CT molecular complexity index is 267. The largest absolute Gasteiger partial charge is 0.289 e. The molecule has 0 saturated heterocycles. The molecule has 0 bridgehead atoms. The van der Waals surface area contributed by atoms with E-state index in [1.165, 1.54) is 0 Å². The van der Waals surface area contributed by atoms with E-state index in [-0.39, 0.29) is 0 Å². The second-order valence-corrected chi connectivity index (χ2v) is 2.67. The minimum atomic E-state index is 0.528. The average Bonchev–Trinajstić information content (AvgIpc) is 2.04. The van der Waals surface area contributed by atoms with Crippen LogP contribution in [0.2, 0.25) is 0 Å². The molecule has 0 aromatic rings. The van der Waals surface area contributed by atoms with Gasteiger partial charge in [-0.3, -0.25) is 4.79 Å². The molecule has 0 aliphatic heterocycles. The zero-order valence-electron chi connectivity index (χ0n) is 6.47. The van der Waals surface area contributed by atoms with E-state index in [4.69, 9.17) is 0 Å². The van der Waals surface area contributed by atoms with Gasteiger partial charge in [-0.25, -0.2) is 0 Å². The van der Waals surface area contributed by atoms with Crippen LogP contribution < -0.4 is 0 Å². The third kappa shape index (κ3) is 6.77. The molecule has 0 aromatic carbocycles. The first-order valence-electron chi connectivity index (χ1n) is 2.96. The molecule has 0 aliphatic carbocycles. The summed E-state index contributed by atoms with van der Waals surface area (Å²) in [5.74, 6) is 9.81. The minimum Gasteiger partial charge on any atom is -0.289 e. The highest BCUT2D eigenvalue weighted by atomic mass is 32.2. The van der Waals surface area contributed by atoms with Gasteiger partial charge in [-0.2, -0.15) is 0 Å². The highest BCUT2D eigenvalue weighted by Gasteiger charge is 1.76. The number of carbonyl (C=O) groups excluding carboxylic acids is 1. The molecule has 0 rings (SSSR count). The van der Waals surface area contributed by atoms with Crippen LogP contribution in [-0.2, 0) is 4.79 Å². The number of hydrogen-bond acceptors (Lipinski definition) is 2. The molecule has 0 aliphatic rings. The molecule has 0 spiro atoms. The first-order chi connectivity index (χ1) is 5.31. The van der Waals surface area contributed by atoms with Crippen LogP contribution in [0, 0.1) is 23.7 Å². The lowest BCUT2D eigenvalue weighted by molar-refractivity contribution is -0.103. The van der Waals surface area contributed by atoms with E-state index in [2.05, 4.69) is 23.7 Å². The summed E-state index contributed by atoms with van der Waals surface area (Å²) in [7, 11) is 0. The molecule has 0 radical (unpaired) electrons. The van der Waals surface area contributed by atoms with Gasteiger partial charge >= 0.3 is 0 Å². The van der Waals surface area contributed by atoms with Gasteiger partial charge in [-0.05, 0) is 41.9 Å². The van der Waals surface area contributed by atoms with Gasteiger partial charge < -0.3 is 0 Å². The second kappa shape index (κ2) is 6.99. The second-order valence-electron chi connectivity index (χ2n) is 1.62. The van der Waals surface area contributed by atoms with Crippen molar-refractivity contribution in [2.24, 2.45) is 0 Å². The highest BCUT2D eigenvalue weighted by Crippen LogP contribution is 2.07. The Labute approximate surface area is 71.3 Å². The van der Waals surface area contributed by atoms with Crippen LogP contribution in [-0.4, -0.2) is 12.5 Å². The summed E-state index contributed by atoms with van der Waals surface area (Å²) in [6.07, 6.45) is 4.27. The Balaban J connectivity index is 4.00. The van der Waals surface area contributed by atoms with Crippen LogP contribution >= 0.6 is 11.8 Å². The van der Waals surface area contributed by atoms with E-state index in [0.29, 0.717) is 6.29 Å². The van der Waals surface area contributed by atoms with Gasteiger partial charge in [0.2, 0.25) is 0 Å². The van der Waals surface area contributed by atoms with Crippen molar-refractivity contribution in [2.75, 3.05) is 6.26 Å². The van der Waals surface area contributed by atoms with E-state index in [1.54, 1.807) is 17.8 Å². The maximum atomic E-state index is 9.70. The quantitative estimate of drug-likeness (QED) is 0.431. The van der Waals surface area contributed by atoms with Gasteiger partial charge in [0.15, 0.2) is 6.29 Å². The molecular weight excluding hydrogens is 156 g/mol. The van der Waals surface area contributed by atoms with Crippen LogP contribution in [0.25, 0.3) is 0 Å². The molecule has 56 valence electrons. The van der Waals surface area contributed by atoms with E-state index in [9.17, 15) is 4.79 Å². The van der Waals surface area contributed by atoms with Crippen molar-refractivity contribution in [3.63, 3.8) is 0 Å². The third-order valence-electron chi connectivity index (χ3n) is 0.863. The number of carbonyl (C=O) groups is 1. The number of thioether (sulfide) groups is 1. The molecule has 2 heteroatoms. The zero-order valence-corrected chi connectivity index (χ0v) is 7.29. The fourth-order valence-electron chi connectivity index (χ4n) is 0.298. The lowest BCUT2D eigenvalue weighted by Gasteiger charge is -1.84. The summed E-state index contributed by atoms with van der Waals surface area (Å²) in [5.41, 5.74) is 0. The average molecular weight is 164 g/mol. The third-order valence-corrected chi connectivity index (χ3v) is 1.62. The number of hydrogen-bond donors (Lipinski definition) is 0. The highest BCUT2D eigenvalue weighted by molar-refractivity contribution is 8.02. The summed E-state index contributed by atoms with van der Waals surface area (Å²) in [6, 6.07) is 0. The summed E-state index contributed by atoms with van der Waals surface area (Å²) >= 11 is 1.63. The summed E-state index contributed by atoms with van der Waals surface area (Å²) < 4.78 is 0. The van der Waals surface area contributed by atoms with Crippen LogP contribution in [0.15, 0.2) is 11.0 Å². The number of rotatable bonds is 1. The van der Waals surface area contributed by atoms with E-state index >= 15 is 0 Å². The SMILES string of the molecule is CS/C(C)=C/C#CC#CC=O. The molecule has 0 heterocycles. The van der Waals surface area contributed by atoms with Crippen molar-refractivity contribution in [2.45, 2.75) is 6.92 Å². The first-order valence-corrected chi connectivity index (χ1v) is 4.19. The normalized spacial score (nSPS) is 8.73. The Morgan fingerprint density at radius 3 is 2.55 bits per heavy atom. The standard InChI is InChI=1S/C9H8OS/c1-9(11-2)7-5-3-4-6-8-10/h7-8H,1-2H3/b9-7+. The molecule has 0 fully saturated rings. The monoisotopic (exact) mass is 164 g/mol. The molecular formula is C9H8OS. The van der Waals surface area contributed by atoms with Crippen molar-refractivity contribution in [1.82, 2.24) is 0 Å². The van der Waals surface area contributed by atoms with Gasteiger partial charge in [0.25, 0.3) is 0 Å². The molecule has 0 N–H and O–H groups in total. The Morgan fingerprint density at radius 1 is 1.36 bits per heavy atom. The number of aldehydes is 1. The maximum Gasteiger partial charge on any atom is 0.193 e. The van der Waals surface area contributed by atoms with Crippen molar-refractivity contribution in [1.29, 1.82) is 0 Å². The maximum absolute atomic E-state index is 9.70. The van der Waals surface area contributed by atoms with E-state index in [1.807, 2.05) is 13.2 Å². The van der Waals surface area contributed by atoms with Gasteiger partial charge in [0.05, 0.1) is 0 Å². The first kappa shape index (κ1) is 9.88. The summed E-state index contributed by atoms with van der Waals surface area (Å²) in [5, 5.41) is 0. The lowest BCUT2D eigenvalue weighted by atomic mass is 10.5. The van der Waals surface area contributed by atoms with Gasteiger partial charge in [-0.15, -0.1) is 11.8 Å².